The number of hydrogen-bond donors (Lipinski definition) is 1. The summed E-state index contributed by atoms with van der Waals surface area (Å²) in [4.78, 5) is 11.3. The van der Waals surface area contributed by atoms with Crippen LogP contribution in [0.15, 0.2) is 54.9 Å². The monoisotopic (exact) mass is 389 g/mol. The number of ether oxygens (including phenoxy) is 1. The van der Waals surface area contributed by atoms with Gasteiger partial charge in [0.25, 0.3) is 0 Å². The fraction of sp³-hybridized carbons (Fsp3) is 0.217. The number of anilines is 2. The number of fused-ring (bicyclic) bond motifs is 1. The first-order valence-corrected chi connectivity index (χ1v) is 10.3. The van der Waals surface area contributed by atoms with E-state index < -0.39 is 0 Å². The van der Waals surface area contributed by atoms with Gasteiger partial charge in [-0.25, -0.2) is 9.97 Å². The van der Waals surface area contributed by atoms with Crippen molar-refractivity contribution >= 4 is 33.1 Å². The summed E-state index contributed by atoms with van der Waals surface area (Å²) >= 11 is 1.70. The number of aryl methyl sites for hydroxylation is 2. The summed E-state index contributed by atoms with van der Waals surface area (Å²) in [5.74, 6) is 1.64. The average Bonchev–Trinajstić information content (AvgIpc) is 3.05. The van der Waals surface area contributed by atoms with Gasteiger partial charge in [-0.3, -0.25) is 0 Å². The van der Waals surface area contributed by atoms with Crippen LogP contribution >= 0.6 is 11.3 Å². The van der Waals surface area contributed by atoms with Crippen LogP contribution in [0.5, 0.6) is 5.75 Å². The van der Waals surface area contributed by atoms with Crippen molar-refractivity contribution in [3.05, 3.63) is 65.3 Å². The van der Waals surface area contributed by atoms with Crippen molar-refractivity contribution in [1.29, 1.82) is 0 Å². The molecule has 28 heavy (non-hydrogen) atoms. The van der Waals surface area contributed by atoms with Gasteiger partial charge in [0.05, 0.1) is 17.7 Å². The molecule has 2 heterocycles. The van der Waals surface area contributed by atoms with E-state index in [4.69, 9.17) is 4.74 Å². The molecule has 0 fully saturated rings. The average molecular weight is 390 g/mol. The van der Waals surface area contributed by atoms with Crippen LogP contribution in [0.3, 0.4) is 0 Å². The highest BCUT2D eigenvalue weighted by Gasteiger charge is 2.17. The minimum atomic E-state index is 0.685. The molecule has 0 saturated carbocycles. The van der Waals surface area contributed by atoms with Gasteiger partial charge in [-0.05, 0) is 38.0 Å². The number of thiophene rings is 1. The Bertz CT molecular complexity index is 1100. The third kappa shape index (κ3) is 3.58. The molecule has 4 aromatic rings. The third-order valence-electron chi connectivity index (χ3n) is 4.61. The van der Waals surface area contributed by atoms with Crippen LogP contribution in [0.25, 0.3) is 21.3 Å². The largest absolute Gasteiger partial charge is 0.491 e. The maximum Gasteiger partial charge on any atom is 0.143 e. The molecule has 0 aliphatic heterocycles. The Labute approximate surface area is 169 Å². The molecule has 142 valence electrons. The molecule has 0 spiro atoms. The van der Waals surface area contributed by atoms with E-state index in [-0.39, 0.29) is 0 Å². The second-order valence-electron chi connectivity index (χ2n) is 6.77. The molecule has 0 atom stereocenters. The zero-order valence-corrected chi connectivity index (χ0v) is 17.1. The number of nitrogens with one attached hydrogen (secondary N) is 1. The molecule has 2 aromatic carbocycles. The number of hydrogen-bond acceptors (Lipinski definition) is 5. The topological polar surface area (TPSA) is 47.0 Å². The fourth-order valence-corrected chi connectivity index (χ4v) is 4.25. The Morgan fingerprint density at radius 3 is 2.57 bits per heavy atom. The van der Waals surface area contributed by atoms with Gasteiger partial charge in [0.1, 0.15) is 22.7 Å². The molecular formula is C23H23N3OS. The Hall–Kier alpha value is -2.92. The van der Waals surface area contributed by atoms with Crippen molar-refractivity contribution in [2.75, 3.05) is 11.9 Å². The van der Waals surface area contributed by atoms with Crippen molar-refractivity contribution in [1.82, 2.24) is 9.97 Å². The molecule has 0 saturated heterocycles. The summed E-state index contributed by atoms with van der Waals surface area (Å²) in [5, 5.41) is 4.54. The normalized spacial score (nSPS) is 11.0. The zero-order valence-electron chi connectivity index (χ0n) is 16.3. The van der Waals surface area contributed by atoms with Crippen molar-refractivity contribution in [2.24, 2.45) is 0 Å². The van der Waals surface area contributed by atoms with Crippen molar-refractivity contribution < 1.29 is 4.74 Å². The molecule has 0 radical (unpaired) electrons. The standard InChI is InChI=1S/C23H23N3OS/c1-4-13-27-19-8-6-5-7-18(19)26-22-21-20(17-11-9-15(2)10-12-17)16(3)28-23(21)25-14-24-22/h5-12,14H,4,13H2,1-3H3,(H,24,25,26). The summed E-state index contributed by atoms with van der Waals surface area (Å²) in [5.41, 5.74) is 4.53. The number of benzene rings is 2. The van der Waals surface area contributed by atoms with Gasteiger partial charge < -0.3 is 10.1 Å². The molecule has 4 nitrogen and oxygen atoms in total. The zero-order chi connectivity index (χ0) is 19.5. The van der Waals surface area contributed by atoms with Crippen LogP contribution in [0.1, 0.15) is 23.8 Å². The van der Waals surface area contributed by atoms with Crippen LogP contribution in [0.2, 0.25) is 0 Å². The Morgan fingerprint density at radius 2 is 1.79 bits per heavy atom. The highest BCUT2D eigenvalue weighted by molar-refractivity contribution is 7.19. The molecule has 0 amide bonds. The highest BCUT2D eigenvalue weighted by atomic mass is 32.1. The lowest BCUT2D eigenvalue weighted by Crippen LogP contribution is -2.01. The fourth-order valence-electron chi connectivity index (χ4n) is 3.24. The van der Waals surface area contributed by atoms with E-state index in [1.54, 1.807) is 17.7 Å². The van der Waals surface area contributed by atoms with E-state index in [2.05, 4.69) is 60.3 Å². The summed E-state index contributed by atoms with van der Waals surface area (Å²) in [6.07, 6.45) is 2.59. The highest BCUT2D eigenvalue weighted by Crippen LogP contribution is 2.41. The van der Waals surface area contributed by atoms with Gasteiger partial charge in [0, 0.05) is 10.4 Å². The third-order valence-corrected chi connectivity index (χ3v) is 5.62. The smallest absolute Gasteiger partial charge is 0.143 e. The summed E-state index contributed by atoms with van der Waals surface area (Å²) in [6, 6.07) is 16.6. The van der Waals surface area contributed by atoms with Crippen molar-refractivity contribution in [2.45, 2.75) is 27.2 Å². The van der Waals surface area contributed by atoms with E-state index >= 15 is 0 Å². The molecule has 5 heteroatoms. The Balaban J connectivity index is 1.82. The van der Waals surface area contributed by atoms with Crippen LogP contribution < -0.4 is 10.1 Å². The minimum Gasteiger partial charge on any atom is -0.491 e. The van der Waals surface area contributed by atoms with Crippen LogP contribution in [0.4, 0.5) is 11.5 Å². The SMILES string of the molecule is CCCOc1ccccc1Nc1ncnc2sc(C)c(-c3ccc(C)cc3)c12. The second kappa shape index (κ2) is 7.98. The van der Waals surface area contributed by atoms with Gasteiger partial charge in [-0.15, -0.1) is 11.3 Å². The lowest BCUT2D eigenvalue weighted by Gasteiger charge is -2.13. The number of aromatic nitrogens is 2. The maximum absolute atomic E-state index is 5.90. The Kier molecular flexibility index (Phi) is 5.26. The molecule has 1 N–H and O–H groups in total. The van der Waals surface area contributed by atoms with Gasteiger partial charge in [-0.2, -0.15) is 0 Å². The summed E-state index contributed by atoms with van der Waals surface area (Å²) in [7, 11) is 0. The lowest BCUT2D eigenvalue weighted by atomic mass is 10.0. The molecule has 0 aliphatic carbocycles. The molecule has 4 rings (SSSR count). The van der Waals surface area contributed by atoms with Crippen LogP contribution in [-0.2, 0) is 0 Å². The van der Waals surface area contributed by atoms with E-state index in [0.717, 1.165) is 33.9 Å². The minimum absolute atomic E-state index is 0.685. The van der Waals surface area contributed by atoms with E-state index in [1.165, 1.54) is 21.6 Å². The first-order chi connectivity index (χ1) is 13.7. The van der Waals surface area contributed by atoms with Gasteiger partial charge in [0.15, 0.2) is 0 Å². The van der Waals surface area contributed by atoms with Crippen LogP contribution in [-0.4, -0.2) is 16.6 Å². The first kappa shape index (κ1) is 18.4. The summed E-state index contributed by atoms with van der Waals surface area (Å²) < 4.78 is 5.90. The summed E-state index contributed by atoms with van der Waals surface area (Å²) in [6.45, 7) is 7.03. The number of nitrogens with zero attached hydrogens (tertiary/aromatic N) is 2. The maximum atomic E-state index is 5.90. The first-order valence-electron chi connectivity index (χ1n) is 9.47. The molecule has 0 unspecified atom stereocenters. The molecule has 0 aliphatic rings. The van der Waals surface area contributed by atoms with Gasteiger partial charge in [0.2, 0.25) is 0 Å². The lowest BCUT2D eigenvalue weighted by molar-refractivity contribution is 0.319. The van der Waals surface area contributed by atoms with E-state index in [1.807, 2.05) is 24.3 Å². The van der Waals surface area contributed by atoms with Crippen LogP contribution in [0, 0.1) is 13.8 Å². The molecule has 2 aromatic heterocycles. The number of para-hydroxylation sites is 2. The van der Waals surface area contributed by atoms with E-state index in [9.17, 15) is 0 Å². The van der Waals surface area contributed by atoms with E-state index in [0.29, 0.717) is 6.61 Å². The molecular weight excluding hydrogens is 366 g/mol. The predicted molar refractivity (Wildman–Crippen MR) is 118 cm³/mol. The number of rotatable bonds is 6. The van der Waals surface area contributed by atoms with Gasteiger partial charge >= 0.3 is 0 Å². The van der Waals surface area contributed by atoms with Crippen molar-refractivity contribution in [3.8, 4) is 16.9 Å². The second-order valence-corrected chi connectivity index (χ2v) is 7.97. The van der Waals surface area contributed by atoms with Gasteiger partial charge in [-0.1, -0.05) is 48.9 Å². The quantitative estimate of drug-likeness (QED) is 0.408. The Morgan fingerprint density at radius 1 is 1.00 bits per heavy atom. The van der Waals surface area contributed by atoms with Crippen molar-refractivity contribution in [3.63, 3.8) is 0 Å². The predicted octanol–water partition coefficient (Wildman–Crippen LogP) is 6.51. The molecule has 0 bridgehead atoms.